The van der Waals surface area contributed by atoms with E-state index >= 15 is 0 Å². The molecule has 0 saturated heterocycles. The van der Waals surface area contributed by atoms with Crippen LogP contribution in [0.25, 0.3) is 17.0 Å². The summed E-state index contributed by atoms with van der Waals surface area (Å²) in [4.78, 5) is 28.2. The van der Waals surface area contributed by atoms with Crippen molar-refractivity contribution in [3.05, 3.63) is 71.9 Å². The number of carbonyl (C=O) groups is 2. The van der Waals surface area contributed by atoms with Gasteiger partial charge in [-0.05, 0) is 55.7 Å². The van der Waals surface area contributed by atoms with E-state index in [1.54, 1.807) is 13.3 Å². The lowest BCUT2D eigenvalue weighted by Crippen LogP contribution is -2.46. The number of fused-ring (bicyclic) bond motifs is 1. The molecule has 0 bridgehead atoms. The lowest BCUT2D eigenvalue weighted by molar-refractivity contribution is -0.137. The van der Waals surface area contributed by atoms with E-state index in [4.69, 9.17) is 4.74 Å². The summed E-state index contributed by atoms with van der Waals surface area (Å²) in [7, 11) is 1.61. The van der Waals surface area contributed by atoms with Gasteiger partial charge in [0.15, 0.2) is 0 Å². The summed E-state index contributed by atoms with van der Waals surface area (Å²) in [5.41, 5.74) is 5.45. The average Bonchev–Trinajstić information content (AvgIpc) is 2.88. The van der Waals surface area contributed by atoms with Crippen LogP contribution in [0.2, 0.25) is 0 Å². The smallest absolute Gasteiger partial charge is 0.416 e. The van der Waals surface area contributed by atoms with Crippen LogP contribution >= 0.6 is 0 Å². The second kappa shape index (κ2) is 12.6. The highest BCUT2D eigenvalue weighted by Gasteiger charge is 2.30. The van der Waals surface area contributed by atoms with Crippen molar-refractivity contribution in [2.45, 2.75) is 32.0 Å². The number of hydrogen-bond donors (Lipinski definition) is 4. The molecule has 3 aromatic rings. The van der Waals surface area contributed by atoms with Gasteiger partial charge in [0.05, 0.1) is 23.9 Å². The van der Waals surface area contributed by atoms with E-state index in [2.05, 4.69) is 26.5 Å². The van der Waals surface area contributed by atoms with Crippen molar-refractivity contribution in [3.63, 3.8) is 0 Å². The first-order valence-electron chi connectivity index (χ1n) is 11.5. The number of nitrogens with zero attached hydrogens (tertiary/aromatic N) is 1. The van der Waals surface area contributed by atoms with Gasteiger partial charge in [0.25, 0.3) is 5.91 Å². The minimum Gasteiger partial charge on any atom is -0.497 e. The number of anilines is 1. The first-order chi connectivity index (χ1) is 17.7. The van der Waals surface area contributed by atoms with Gasteiger partial charge in [-0.1, -0.05) is 18.2 Å². The number of carbonyl (C=O) groups excluding carboxylic acids is 2. The minimum absolute atomic E-state index is 0.0860. The van der Waals surface area contributed by atoms with E-state index in [-0.39, 0.29) is 11.6 Å². The van der Waals surface area contributed by atoms with Crippen LogP contribution in [0.4, 0.5) is 23.7 Å². The van der Waals surface area contributed by atoms with Crippen LogP contribution in [0.5, 0.6) is 5.75 Å². The van der Waals surface area contributed by atoms with Gasteiger partial charge in [0, 0.05) is 36.3 Å². The molecule has 11 heteroatoms. The number of hydrogen-bond acceptors (Lipinski definition) is 5. The molecular formula is C26H28F3N5O3. The number of halogens is 3. The summed E-state index contributed by atoms with van der Waals surface area (Å²) < 4.78 is 43.7. The maximum Gasteiger partial charge on any atom is 0.416 e. The molecule has 3 amide bonds. The molecular weight excluding hydrogens is 487 g/mol. The Morgan fingerprint density at radius 2 is 1.92 bits per heavy atom. The molecule has 0 aliphatic heterocycles. The van der Waals surface area contributed by atoms with E-state index in [1.165, 1.54) is 18.2 Å². The number of pyridine rings is 1. The molecule has 1 aromatic heterocycles. The molecule has 0 fully saturated rings. The Labute approximate surface area is 212 Å². The van der Waals surface area contributed by atoms with E-state index in [9.17, 15) is 22.8 Å². The van der Waals surface area contributed by atoms with Crippen molar-refractivity contribution < 1.29 is 27.5 Å². The van der Waals surface area contributed by atoms with Crippen LogP contribution in [-0.4, -0.2) is 36.6 Å². The van der Waals surface area contributed by atoms with Gasteiger partial charge in [-0.3, -0.25) is 15.2 Å². The number of urea groups is 1. The van der Waals surface area contributed by atoms with Gasteiger partial charge in [-0.15, -0.1) is 0 Å². The van der Waals surface area contributed by atoms with Crippen molar-refractivity contribution in [1.29, 1.82) is 0 Å². The van der Waals surface area contributed by atoms with Crippen molar-refractivity contribution >= 4 is 34.6 Å². The summed E-state index contributed by atoms with van der Waals surface area (Å²) in [5.74, 6) is 0.0322. The van der Waals surface area contributed by atoms with Crippen LogP contribution in [0, 0.1) is 0 Å². The highest BCUT2D eigenvalue weighted by atomic mass is 19.4. The van der Waals surface area contributed by atoms with Crippen molar-refractivity contribution in [3.8, 4) is 5.75 Å². The lowest BCUT2D eigenvalue weighted by atomic mass is 10.1. The monoisotopic (exact) mass is 515 g/mol. The number of methoxy groups -OCH3 is 1. The third-order valence-corrected chi connectivity index (χ3v) is 5.36. The minimum atomic E-state index is -4.47. The number of amides is 3. The van der Waals surface area contributed by atoms with E-state index in [0.717, 1.165) is 47.0 Å². The molecule has 0 spiro atoms. The molecule has 0 radical (unpaired) electrons. The zero-order valence-electron chi connectivity index (χ0n) is 20.4. The Bertz CT molecular complexity index is 1260. The molecule has 0 saturated carbocycles. The second-order valence-electron chi connectivity index (χ2n) is 8.26. The summed E-state index contributed by atoms with van der Waals surface area (Å²) >= 11 is 0. The Hall–Kier alpha value is -4.28. The topological polar surface area (TPSA) is 104 Å². The maximum atomic E-state index is 12.8. The lowest BCUT2D eigenvalue weighted by Gasteiger charge is -2.17. The Morgan fingerprint density at radius 3 is 2.68 bits per heavy atom. The van der Waals surface area contributed by atoms with Crippen LogP contribution in [0.1, 0.15) is 30.9 Å². The maximum absolute atomic E-state index is 12.8. The van der Waals surface area contributed by atoms with E-state index in [0.29, 0.717) is 13.0 Å². The fourth-order valence-electron chi connectivity index (χ4n) is 3.54. The average molecular weight is 516 g/mol. The standard InChI is InChI=1S/C26H28F3N5O3/c1-17(32-22-16-21(37-2)15-19-8-5-12-30-24(19)22)6-4-13-31-25(36)34-33-23(35)11-10-18-7-3-9-20(14-18)26(27,28)29/h3,5,7-12,14-17,32H,4,6,13H2,1-2H3,(H,33,35)(H2,31,34,36)/b11-10+. The van der Waals surface area contributed by atoms with E-state index in [1.807, 2.05) is 31.2 Å². The predicted octanol–water partition coefficient (Wildman–Crippen LogP) is 4.89. The van der Waals surface area contributed by atoms with Gasteiger partial charge in [-0.2, -0.15) is 13.2 Å². The number of nitrogens with one attached hydrogen (secondary N) is 4. The van der Waals surface area contributed by atoms with Crippen molar-refractivity contribution in [2.24, 2.45) is 0 Å². The summed E-state index contributed by atoms with van der Waals surface area (Å²) in [6.45, 7) is 2.39. The number of alkyl halides is 3. The van der Waals surface area contributed by atoms with Gasteiger partial charge >= 0.3 is 12.2 Å². The largest absolute Gasteiger partial charge is 0.497 e. The first-order valence-corrected chi connectivity index (χ1v) is 11.5. The normalized spacial score (nSPS) is 12.2. The molecule has 0 aliphatic rings. The molecule has 1 atom stereocenters. The Kier molecular flexibility index (Phi) is 9.31. The van der Waals surface area contributed by atoms with Gasteiger partial charge in [-0.25, -0.2) is 10.2 Å². The molecule has 8 nitrogen and oxygen atoms in total. The highest BCUT2D eigenvalue weighted by molar-refractivity contribution is 5.93. The molecule has 3 rings (SSSR count). The summed E-state index contributed by atoms with van der Waals surface area (Å²) in [5, 5.41) is 7.02. The number of aromatic nitrogens is 1. The van der Waals surface area contributed by atoms with E-state index < -0.39 is 23.7 Å². The SMILES string of the molecule is COc1cc(NC(C)CCCNC(=O)NNC(=O)/C=C/c2cccc(C(F)(F)F)c2)c2ncccc2c1. The molecule has 4 N–H and O–H groups in total. The van der Waals surface area contributed by atoms with Crippen molar-refractivity contribution in [2.75, 3.05) is 19.0 Å². The molecule has 0 aliphatic carbocycles. The van der Waals surface area contributed by atoms with Crippen LogP contribution in [0.3, 0.4) is 0 Å². The van der Waals surface area contributed by atoms with Crippen LogP contribution < -0.4 is 26.2 Å². The zero-order chi connectivity index (χ0) is 26.8. The highest BCUT2D eigenvalue weighted by Crippen LogP contribution is 2.30. The van der Waals surface area contributed by atoms with Crippen LogP contribution in [0.15, 0.2) is 60.8 Å². The predicted molar refractivity (Wildman–Crippen MR) is 136 cm³/mol. The number of ether oxygens (including phenoxy) is 1. The summed E-state index contributed by atoms with van der Waals surface area (Å²) in [6, 6.07) is 11.7. The third kappa shape index (κ3) is 8.41. The number of hydrazine groups is 1. The molecule has 1 heterocycles. The van der Waals surface area contributed by atoms with Crippen molar-refractivity contribution in [1.82, 2.24) is 21.2 Å². The first kappa shape index (κ1) is 27.3. The Balaban J connectivity index is 1.38. The van der Waals surface area contributed by atoms with Gasteiger partial charge in [0.2, 0.25) is 0 Å². The third-order valence-electron chi connectivity index (χ3n) is 5.36. The quantitative estimate of drug-likeness (QED) is 0.185. The fraction of sp³-hybridized carbons (Fsp3) is 0.269. The Morgan fingerprint density at radius 1 is 1.11 bits per heavy atom. The molecule has 196 valence electrons. The second-order valence-corrected chi connectivity index (χ2v) is 8.26. The summed E-state index contributed by atoms with van der Waals surface area (Å²) in [6.07, 6.45) is 0.922. The van der Waals surface area contributed by atoms with Gasteiger partial charge in [0.1, 0.15) is 5.75 Å². The van der Waals surface area contributed by atoms with Gasteiger partial charge < -0.3 is 15.4 Å². The molecule has 37 heavy (non-hydrogen) atoms. The molecule has 2 aromatic carbocycles. The fourth-order valence-corrected chi connectivity index (χ4v) is 3.54. The number of benzene rings is 2. The molecule has 1 unspecified atom stereocenters. The van der Waals surface area contributed by atoms with Crippen LogP contribution in [-0.2, 0) is 11.0 Å². The number of rotatable bonds is 9. The zero-order valence-corrected chi connectivity index (χ0v) is 20.4.